The first-order chi connectivity index (χ1) is 9.24. The molecule has 1 aliphatic rings. The van der Waals surface area contributed by atoms with Gasteiger partial charge in [-0.25, -0.2) is 4.79 Å². The zero-order valence-electron chi connectivity index (χ0n) is 10.7. The second-order valence-electron chi connectivity index (χ2n) is 5.18. The van der Waals surface area contributed by atoms with E-state index < -0.39 is 24.1 Å². The van der Waals surface area contributed by atoms with Crippen molar-refractivity contribution in [1.82, 2.24) is 9.78 Å². The largest absolute Gasteiger partial charge is 0.480 e. The number of carboxylic acids is 1. The predicted octanol–water partition coefficient (Wildman–Crippen LogP) is 1.89. The molecule has 0 aliphatic heterocycles. The molecule has 0 aromatic carbocycles. The Kier molecular flexibility index (Phi) is 3.77. The molecule has 0 saturated heterocycles. The number of carboxylic acid groups (broad SMARTS) is 1. The minimum absolute atomic E-state index is 0.0409. The van der Waals surface area contributed by atoms with E-state index in [-0.39, 0.29) is 11.7 Å². The Hall–Kier alpha value is -1.57. The SMILES string of the molecule is NC(Cc1ccn(C2CCCC2)n1)(C(=O)O)C(F)(F)F. The van der Waals surface area contributed by atoms with Crippen LogP contribution in [0.25, 0.3) is 0 Å². The molecular formula is C12H16F3N3O2. The molecule has 1 aliphatic carbocycles. The van der Waals surface area contributed by atoms with E-state index in [2.05, 4.69) is 5.10 Å². The molecular weight excluding hydrogens is 275 g/mol. The van der Waals surface area contributed by atoms with Crippen LogP contribution in [0.5, 0.6) is 0 Å². The number of nitrogens with zero attached hydrogens (tertiary/aromatic N) is 2. The van der Waals surface area contributed by atoms with Crippen molar-refractivity contribution in [3.05, 3.63) is 18.0 Å². The lowest BCUT2D eigenvalue weighted by Crippen LogP contribution is -2.61. The maximum absolute atomic E-state index is 12.8. The molecule has 1 unspecified atom stereocenters. The molecule has 20 heavy (non-hydrogen) atoms. The number of alkyl halides is 3. The summed E-state index contributed by atoms with van der Waals surface area (Å²) in [6, 6.07) is 1.58. The fourth-order valence-electron chi connectivity index (χ4n) is 2.43. The Bertz CT molecular complexity index is 494. The molecule has 0 spiro atoms. The van der Waals surface area contributed by atoms with Crippen LogP contribution >= 0.6 is 0 Å². The first-order valence-electron chi connectivity index (χ1n) is 6.37. The maximum Gasteiger partial charge on any atom is 0.417 e. The molecule has 0 bridgehead atoms. The fourth-order valence-corrected chi connectivity index (χ4v) is 2.43. The Morgan fingerprint density at radius 1 is 1.45 bits per heavy atom. The maximum atomic E-state index is 12.8. The average molecular weight is 291 g/mol. The average Bonchev–Trinajstić information content (AvgIpc) is 2.95. The van der Waals surface area contributed by atoms with Crippen molar-refractivity contribution in [3.8, 4) is 0 Å². The van der Waals surface area contributed by atoms with Gasteiger partial charge in [-0.3, -0.25) is 4.68 Å². The van der Waals surface area contributed by atoms with Crippen LogP contribution in [0.2, 0.25) is 0 Å². The van der Waals surface area contributed by atoms with Crippen molar-refractivity contribution < 1.29 is 23.1 Å². The second kappa shape index (κ2) is 5.08. The van der Waals surface area contributed by atoms with E-state index in [4.69, 9.17) is 10.8 Å². The van der Waals surface area contributed by atoms with Gasteiger partial charge in [0.25, 0.3) is 0 Å². The van der Waals surface area contributed by atoms with Gasteiger partial charge in [-0.2, -0.15) is 18.3 Å². The lowest BCUT2D eigenvalue weighted by molar-refractivity contribution is -0.201. The zero-order chi connectivity index (χ0) is 15.0. The molecule has 1 heterocycles. The van der Waals surface area contributed by atoms with Crippen LogP contribution in [0, 0.1) is 0 Å². The smallest absolute Gasteiger partial charge is 0.417 e. The summed E-state index contributed by atoms with van der Waals surface area (Å²) in [6.07, 6.45) is -0.303. The lowest BCUT2D eigenvalue weighted by Gasteiger charge is -2.26. The van der Waals surface area contributed by atoms with Crippen LogP contribution in [0.1, 0.15) is 37.4 Å². The Morgan fingerprint density at radius 2 is 2.05 bits per heavy atom. The van der Waals surface area contributed by atoms with Gasteiger partial charge in [0.1, 0.15) is 0 Å². The zero-order valence-corrected chi connectivity index (χ0v) is 10.7. The van der Waals surface area contributed by atoms with Gasteiger partial charge in [0.15, 0.2) is 0 Å². The Morgan fingerprint density at radius 3 is 2.55 bits per heavy atom. The van der Waals surface area contributed by atoms with Crippen LogP contribution in [-0.4, -0.2) is 32.6 Å². The summed E-state index contributed by atoms with van der Waals surface area (Å²) >= 11 is 0. The van der Waals surface area contributed by atoms with Crippen LogP contribution < -0.4 is 5.73 Å². The van der Waals surface area contributed by atoms with Crippen LogP contribution in [-0.2, 0) is 11.2 Å². The highest BCUT2D eigenvalue weighted by atomic mass is 19.4. The molecule has 2 rings (SSSR count). The Labute approximate surface area is 113 Å². The third-order valence-electron chi connectivity index (χ3n) is 3.71. The minimum atomic E-state index is -5.03. The van der Waals surface area contributed by atoms with E-state index in [0.29, 0.717) is 0 Å². The number of rotatable bonds is 4. The summed E-state index contributed by atoms with van der Waals surface area (Å²) in [5, 5.41) is 12.8. The van der Waals surface area contributed by atoms with E-state index in [9.17, 15) is 18.0 Å². The molecule has 3 N–H and O–H groups in total. The van der Waals surface area contributed by atoms with Gasteiger partial charge in [0.05, 0.1) is 11.7 Å². The van der Waals surface area contributed by atoms with Crippen molar-refractivity contribution in [1.29, 1.82) is 0 Å². The van der Waals surface area contributed by atoms with Crippen molar-refractivity contribution in [3.63, 3.8) is 0 Å². The highest BCUT2D eigenvalue weighted by Gasteiger charge is 2.58. The molecule has 8 heteroatoms. The standard InChI is InChI=1S/C12H16F3N3O2/c13-12(14,15)11(16,10(19)20)7-8-5-6-18(17-8)9-3-1-2-4-9/h5-6,9H,1-4,7,16H2,(H,19,20). The van der Waals surface area contributed by atoms with E-state index in [1.165, 1.54) is 6.07 Å². The van der Waals surface area contributed by atoms with Crippen molar-refractivity contribution >= 4 is 5.97 Å². The van der Waals surface area contributed by atoms with Gasteiger partial charge in [-0.05, 0) is 18.9 Å². The highest BCUT2D eigenvalue weighted by molar-refractivity contribution is 5.80. The normalized spacial score (nSPS) is 20.0. The van der Waals surface area contributed by atoms with E-state index in [1.807, 2.05) is 0 Å². The van der Waals surface area contributed by atoms with Gasteiger partial charge in [0.2, 0.25) is 5.54 Å². The number of nitrogens with two attached hydrogens (primary N) is 1. The van der Waals surface area contributed by atoms with Crippen molar-refractivity contribution in [2.45, 2.75) is 49.9 Å². The van der Waals surface area contributed by atoms with E-state index in [0.717, 1.165) is 25.7 Å². The third kappa shape index (κ3) is 2.65. The molecule has 1 aromatic rings. The summed E-state index contributed by atoms with van der Waals surface area (Å²) in [5.41, 5.74) is 1.78. The minimum Gasteiger partial charge on any atom is -0.480 e. The molecule has 1 aromatic heterocycles. The molecule has 0 amide bonds. The van der Waals surface area contributed by atoms with Crippen molar-refractivity contribution in [2.75, 3.05) is 0 Å². The topological polar surface area (TPSA) is 81.1 Å². The van der Waals surface area contributed by atoms with Crippen LogP contribution in [0.3, 0.4) is 0 Å². The summed E-state index contributed by atoms with van der Waals surface area (Å²) in [6.45, 7) is 0. The van der Waals surface area contributed by atoms with Gasteiger partial charge >= 0.3 is 12.1 Å². The number of carbonyl (C=O) groups is 1. The van der Waals surface area contributed by atoms with Crippen molar-refractivity contribution in [2.24, 2.45) is 5.73 Å². The molecule has 0 radical (unpaired) electrons. The van der Waals surface area contributed by atoms with E-state index >= 15 is 0 Å². The van der Waals surface area contributed by atoms with Gasteiger partial charge in [-0.15, -0.1) is 0 Å². The summed E-state index contributed by atoms with van der Waals surface area (Å²) in [4.78, 5) is 10.9. The molecule has 1 fully saturated rings. The number of aromatic nitrogens is 2. The predicted molar refractivity (Wildman–Crippen MR) is 64.0 cm³/mol. The molecule has 112 valence electrons. The number of hydrogen-bond acceptors (Lipinski definition) is 3. The Balaban J connectivity index is 2.17. The lowest BCUT2D eigenvalue weighted by atomic mass is 9.94. The molecule has 1 atom stereocenters. The van der Waals surface area contributed by atoms with Gasteiger partial charge in [-0.1, -0.05) is 12.8 Å². The monoisotopic (exact) mass is 291 g/mol. The first kappa shape index (κ1) is 14.8. The second-order valence-corrected chi connectivity index (χ2v) is 5.18. The van der Waals surface area contributed by atoms with Gasteiger partial charge < -0.3 is 10.8 Å². The summed E-state index contributed by atoms with van der Waals surface area (Å²) in [5.74, 6) is -2.10. The van der Waals surface area contributed by atoms with Gasteiger partial charge in [0, 0.05) is 12.6 Å². The summed E-state index contributed by atoms with van der Waals surface area (Å²) < 4.78 is 40.0. The molecule has 1 saturated carbocycles. The third-order valence-corrected chi connectivity index (χ3v) is 3.71. The molecule has 5 nitrogen and oxygen atoms in total. The quantitative estimate of drug-likeness (QED) is 0.887. The first-order valence-corrected chi connectivity index (χ1v) is 6.37. The number of aliphatic carboxylic acids is 1. The van der Waals surface area contributed by atoms with E-state index in [1.54, 1.807) is 10.9 Å². The highest BCUT2D eigenvalue weighted by Crippen LogP contribution is 2.32. The van der Waals surface area contributed by atoms with Crippen LogP contribution in [0.15, 0.2) is 12.3 Å². The number of hydrogen-bond donors (Lipinski definition) is 2. The van der Waals surface area contributed by atoms with Crippen LogP contribution in [0.4, 0.5) is 13.2 Å². The fraction of sp³-hybridized carbons (Fsp3) is 0.667. The number of halogens is 3. The summed E-state index contributed by atoms with van der Waals surface area (Å²) in [7, 11) is 0.